The van der Waals surface area contributed by atoms with Crippen LogP contribution in [0.1, 0.15) is 4.79 Å². The van der Waals surface area contributed by atoms with Gasteiger partial charge in [0.1, 0.15) is 11.4 Å². The van der Waals surface area contributed by atoms with E-state index in [0.717, 1.165) is 5.03 Å². The zero-order valence-corrected chi connectivity index (χ0v) is 5.39. The molecule has 0 saturated heterocycles. The Labute approximate surface area is 56.1 Å². The number of aromatic nitrogens is 2. The molecule has 2 heterocycles. The summed E-state index contributed by atoms with van der Waals surface area (Å²) in [5.41, 5.74) is 0. The fourth-order valence-corrected chi connectivity index (χ4v) is 1.62. The molecule has 1 aliphatic heterocycles. The molecule has 0 amide bonds. The van der Waals surface area contributed by atoms with Gasteiger partial charge in [0, 0.05) is 0 Å². The van der Waals surface area contributed by atoms with E-state index in [0.29, 0.717) is 5.75 Å². The zero-order valence-electron chi connectivity index (χ0n) is 4.57. The third-order valence-corrected chi connectivity index (χ3v) is 2.21. The van der Waals surface area contributed by atoms with Crippen LogP contribution in [0.5, 0.6) is 0 Å². The predicted molar refractivity (Wildman–Crippen MR) is 33.6 cm³/mol. The SMILES string of the molecule is O=C1CSc2cncn21. The van der Waals surface area contributed by atoms with Crippen molar-refractivity contribution in [2.24, 2.45) is 0 Å². The van der Waals surface area contributed by atoms with Gasteiger partial charge in [-0.2, -0.15) is 0 Å². The molecule has 1 aromatic rings. The summed E-state index contributed by atoms with van der Waals surface area (Å²) in [4.78, 5) is 14.6. The van der Waals surface area contributed by atoms with E-state index in [1.807, 2.05) is 0 Å². The normalized spacial score (nSPS) is 16.2. The topological polar surface area (TPSA) is 34.9 Å². The Balaban J connectivity index is 2.61. The molecule has 0 bridgehead atoms. The maximum absolute atomic E-state index is 10.8. The standard InChI is InChI=1S/C5H4N2OS/c8-4-2-9-5-1-6-3-7(4)5/h1,3H,2H2. The van der Waals surface area contributed by atoms with E-state index in [4.69, 9.17) is 0 Å². The van der Waals surface area contributed by atoms with Gasteiger partial charge in [-0.25, -0.2) is 4.98 Å². The molecule has 3 nitrogen and oxygen atoms in total. The highest BCUT2D eigenvalue weighted by atomic mass is 32.2. The molecule has 2 rings (SSSR count). The number of thioether (sulfide) groups is 1. The van der Waals surface area contributed by atoms with Crippen LogP contribution in [0.2, 0.25) is 0 Å². The minimum absolute atomic E-state index is 0.132. The van der Waals surface area contributed by atoms with Gasteiger partial charge in [-0.1, -0.05) is 11.8 Å². The maximum atomic E-state index is 10.8. The van der Waals surface area contributed by atoms with E-state index in [2.05, 4.69) is 4.98 Å². The van der Waals surface area contributed by atoms with Crippen molar-refractivity contribution in [1.82, 2.24) is 9.55 Å². The lowest BCUT2D eigenvalue weighted by Gasteiger charge is -1.85. The second-order valence-electron chi connectivity index (χ2n) is 1.78. The zero-order chi connectivity index (χ0) is 6.27. The number of hydrogen-bond donors (Lipinski definition) is 0. The Morgan fingerprint density at radius 1 is 1.78 bits per heavy atom. The van der Waals surface area contributed by atoms with E-state index < -0.39 is 0 Å². The maximum Gasteiger partial charge on any atom is 0.243 e. The van der Waals surface area contributed by atoms with Crippen molar-refractivity contribution in [2.75, 3.05) is 5.75 Å². The number of fused-ring (bicyclic) bond motifs is 1. The van der Waals surface area contributed by atoms with Gasteiger partial charge >= 0.3 is 0 Å². The molecule has 1 aliphatic rings. The van der Waals surface area contributed by atoms with Crippen LogP contribution in [0.3, 0.4) is 0 Å². The molecule has 46 valence electrons. The number of rotatable bonds is 0. The number of hydrogen-bond acceptors (Lipinski definition) is 3. The van der Waals surface area contributed by atoms with Crippen LogP contribution in [-0.4, -0.2) is 21.2 Å². The fourth-order valence-electron chi connectivity index (χ4n) is 0.782. The summed E-state index contributed by atoms with van der Waals surface area (Å²) in [6.45, 7) is 0. The lowest BCUT2D eigenvalue weighted by molar-refractivity contribution is 0.0940. The largest absolute Gasteiger partial charge is 0.273 e. The first-order chi connectivity index (χ1) is 4.38. The summed E-state index contributed by atoms with van der Waals surface area (Å²) in [6, 6.07) is 0. The molecule has 0 unspecified atom stereocenters. The first-order valence-electron chi connectivity index (χ1n) is 2.56. The van der Waals surface area contributed by atoms with Gasteiger partial charge in [0.25, 0.3) is 0 Å². The van der Waals surface area contributed by atoms with Crippen molar-refractivity contribution >= 4 is 17.7 Å². The van der Waals surface area contributed by atoms with Gasteiger partial charge in [-0.05, 0) is 0 Å². The van der Waals surface area contributed by atoms with Crippen LogP contribution in [0, 0.1) is 0 Å². The molecule has 0 radical (unpaired) electrons. The van der Waals surface area contributed by atoms with E-state index >= 15 is 0 Å². The highest BCUT2D eigenvalue weighted by molar-refractivity contribution is 8.00. The summed E-state index contributed by atoms with van der Waals surface area (Å²) in [6.07, 6.45) is 3.26. The first kappa shape index (κ1) is 5.05. The van der Waals surface area contributed by atoms with Crippen LogP contribution in [0.25, 0.3) is 0 Å². The number of carbonyl (C=O) groups excluding carboxylic acids is 1. The smallest absolute Gasteiger partial charge is 0.243 e. The van der Waals surface area contributed by atoms with E-state index in [-0.39, 0.29) is 5.91 Å². The number of nitrogens with zero attached hydrogens (tertiary/aromatic N) is 2. The number of carbonyl (C=O) groups is 1. The monoisotopic (exact) mass is 140 g/mol. The third-order valence-electron chi connectivity index (χ3n) is 1.22. The van der Waals surface area contributed by atoms with Gasteiger partial charge in [0.15, 0.2) is 0 Å². The Hall–Kier alpha value is -0.770. The van der Waals surface area contributed by atoms with Crippen molar-refractivity contribution in [3.8, 4) is 0 Å². The summed E-state index contributed by atoms with van der Waals surface area (Å²) < 4.78 is 1.57. The quantitative estimate of drug-likeness (QED) is 0.530. The average molecular weight is 140 g/mol. The van der Waals surface area contributed by atoms with Crippen LogP contribution >= 0.6 is 11.8 Å². The molecule has 9 heavy (non-hydrogen) atoms. The Kier molecular flexibility index (Phi) is 0.900. The fraction of sp³-hybridized carbons (Fsp3) is 0.200. The van der Waals surface area contributed by atoms with Crippen molar-refractivity contribution in [3.63, 3.8) is 0 Å². The van der Waals surface area contributed by atoms with Gasteiger partial charge in [-0.15, -0.1) is 0 Å². The minimum Gasteiger partial charge on any atom is -0.273 e. The van der Waals surface area contributed by atoms with Gasteiger partial charge in [0.2, 0.25) is 5.91 Å². The lowest BCUT2D eigenvalue weighted by atomic mass is 10.7. The summed E-state index contributed by atoms with van der Waals surface area (Å²) in [5.74, 6) is 0.699. The minimum atomic E-state index is 0.132. The van der Waals surface area contributed by atoms with Gasteiger partial charge in [0.05, 0.1) is 11.9 Å². The van der Waals surface area contributed by atoms with E-state index in [9.17, 15) is 4.79 Å². The number of imidazole rings is 1. The summed E-state index contributed by atoms with van der Waals surface area (Å²) in [5, 5.41) is 0.958. The van der Waals surface area contributed by atoms with Crippen molar-refractivity contribution in [1.29, 1.82) is 0 Å². The Morgan fingerprint density at radius 3 is 3.44 bits per heavy atom. The molecule has 0 N–H and O–H groups in total. The second-order valence-corrected chi connectivity index (χ2v) is 2.78. The Bertz CT molecular complexity index is 255. The van der Waals surface area contributed by atoms with Crippen LogP contribution in [0.15, 0.2) is 17.6 Å². The van der Waals surface area contributed by atoms with Gasteiger partial charge < -0.3 is 0 Å². The molecule has 0 atom stereocenters. The molecule has 0 saturated carbocycles. The predicted octanol–water partition coefficient (Wildman–Crippen LogP) is 0.629. The summed E-state index contributed by atoms with van der Waals surface area (Å²) in [7, 11) is 0. The summed E-state index contributed by atoms with van der Waals surface area (Å²) >= 11 is 1.53. The second kappa shape index (κ2) is 1.60. The third kappa shape index (κ3) is 0.595. The van der Waals surface area contributed by atoms with Crippen LogP contribution < -0.4 is 0 Å². The molecule has 0 aliphatic carbocycles. The van der Waals surface area contributed by atoms with Crippen molar-refractivity contribution in [2.45, 2.75) is 5.03 Å². The Morgan fingerprint density at radius 2 is 2.67 bits per heavy atom. The lowest BCUT2D eigenvalue weighted by Crippen LogP contribution is -2.04. The van der Waals surface area contributed by atoms with Crippen LogP contribution in [0.4, 0.5) is 0 Å². The van der Waals surface area contributed by atoms with Crippen LogP contribution in [-0.2, 0) is 0 Å². The molecule has 0 fully saturated rings. The highest BCUT2D eigenvalue weighted by Gasteiger charge is 2.17. The highest BCUT2D eigenvalue weighted by Crippen LogP contribution is 2.23. The average Bonchev–Trinajstić information content (AvgIpc) is 2.35. The molecule has 0 spiro atoms. The van der Waals surface area contributed by atoms with Crippen molar-refractivity contribution < 1.29 is 4.79 Å². The molecule has 0 aromatic carbocycles. The molecular weight excluding hydrogens is 136 g/mol. The first-order valence-corrected chi connectivity index (χ1v) is 3.55. The van der Waals surface area contributed by atoms with Gasteiger partial charge in [-0.3, -0.25) is 9.36 Å². The van der Waals surface area contributed by atoms with E-state index in [1.54, 1.807) is 17.1 Å². The molecule has 4 heteroatoms. The van der Waals surface area contributed by atoms with E-state index in [1.165, 1.54) is 11.8 Å². The molecule has 1 aromatic heterocycles. The molecular formula is C5H4N2OS. The van der Waals surface area contributed by atoms with Crippen molar-refractivity contribution in [3.05, 3.63) is 12.5 Å².